The molecule has 1 aliphatic heterocycles. The van der Waals surface area contributed by atoms with Gasteiger partial charge < -0.3 is 14.8 Å². The van der Waals surface area contributed by atoms with Crippen LogP contribution in [0, 0.1) is 0 Å². The van der Waals surface area contributed by atoms with Crippen LogP contribution in [0.5, 0.6) is 0 Å². The molecular weight excluding hydrogens is 190 g/mol. The number of esters is 2. The van der Waals surface area contributed by atoms with Crippen molar-refractivity contribution in [2.75, 3.05) is 13.7 Å². The quantitative estimate of drug-likeness (QED) is 0.591. The Kier molecular flexibility index (Phi) is 3.44. The molecule has 1 N–H and O–H groups in total. The maximum atomic E-state index is 11.2. The summed E-state index contributed by atoms with van der Waals surface area (Å²) < 4.78 is 8.88. The number of methoxy groups -OCH3 is 1. The Bertz CT molecular complexity index is 262. The van der Waals surface area contributed by atoms with Crippen LogP contribution in [-0.2, 0) is 23.9 Å². The summed E-state index contributed by atoms with van der Waals surface area (Å²) in [7, 11) is 1.20. The highest BCUT2D eigenvalue weighted by Crippen LogP contribution is 2.07. The van der Waals surface area contributed by atoms with Gasteiger partial charge in [-0.05, 0) is 6.42 Å². The highest BCUT2D eigenvalue weighted by atomic mass is 16.6. The molecule has 6 nitrogen and oxygen atoms in total. The second-order valence-corrected chi connectivity index (χ2v) is 2.84. The second kappa shape index (κ2) is 4.59. The summed E-state index contributed by atoms with van der Waals surface area (Å²) in [6, 6.07) is -0.618. The topological polar surface area (TPSA) is 81.7 Å². The molecule has 0 radical (unpaired) electrons. The van der Waals surface area contributed by atoms with Gasteiger partial charge in [-0.15, -0.1) is 0 Å². The van der Waals surface area contributed by atoms with Crippen LogP contribution in [0.4, 0.5) is 0 Å². The third-order valence-electron chi connectivity index (χ3n) is 1.84. The second-order valence-electron chi connectivity index (χ2n) is 2.84. The molecular formula is C8H11NO5. The monoisotopic (exact) mass is 201 g/mol. The Morgan fingerprint density at radius 1 is 1.57 bits per heavy atom. The van der Waals surface area contributed by atoms with Gasteiger partial charge in [-0.1, -0.05) is 0 Å². The fourth-order valence-corrected chi connectivity index (χ4v) is 1.08. The predicted octanol–water partition coefficient (Wildman–Crippen LogP) is -1.02. The molecule has 6 heteroatoms. The molecule has 1 rings (SSSR count). The molecule has 0 unspecified atom stereocenters. The highest BCUT2D eigenvalue weighted by molar-refractivity contribution is 5.88. The molecule has 0 aromatic carbocycles. The number of nitrogens with one attached hydrogen (secondary N) is 1. The number of carbonyl (C=O) groups is 3. The summed E-state index contributed by atoms with van der Waals surface area (Å²) in [5.74, 6) is -1.39. The molecule has 0 bridgehead atoms. The van der Waals surface area contributed by atoms with Gasteiger partial charge in [0, 0.05) is 6.42 Å². The van der Waals surface area contributed by atoms with E-state index in [0.29, 0.717) is 12.8 Å². The Morgan fingerprint density at radius 3 is 2.79 bits per heavy atom. The lowest BCUT2D eigenvalue weighted by atomic mass is 10.2. The van der Waals surface area contributed by atoms with E-state index in [-0.39, 0.29) is 5.91 Å². The number of hydrogen-bond acceptors (Lipinski definition) is 5. The minimum absolute atomic E-state index is 0.176. The van der Waals surface area contributed by atoms with E-state index in [4.69, 9.17) is 0 Å². The molecule has 1 fully saturated rings. The SMILES string of the molecule is COC(=O)COC(=O)[C@@H]1CCC(=O)N1. The van der Waals surface area contributed by atoms with E-state index in [2.05, 4.69) is 14.8 Å². The average molecular weight is 201 g/mol. The molecule has 0 aliphatic carbocycles. The zero-order chi connectivity index (χ0) is 10.6. The molecule has 0 spiro atoms. The van der Waals surface area contributed by atoms with Gasteiger partial charge in [-0.25, -0.2) is 9.59 Å². The van der Waals surface area contributed by atoms with E-state index < -0.39 is 24.6 Å². The fourth-order valence-electron chi connectivity index (χ4n) is 1.08. The summed E-state index contributed by atoms with van der Waals surface area (Å²) in [4.78, 5) is 32.5. The summed E-state index contributed by atoms with van der Waals surface area (Å²) in [6.07, 6.45) is 0.733. The van der Waals surface area contributed by atoms with Crippen molar-refractivity contribution in [1.29, 1.82) is 0 Å². The predicted molar refractivity (Wildman–Crippen MR) is 44.1 cm³/mol. The summed E-state index contributed by atoms with van der Waals surface area (Å²) >= 11 is 0. The molecule has 1 aliphatic rings. The van der Waals surface area contributed by atoms with Gasteiger partial charge in [0.2, 0.25) is 5.91 Å². The van der Waals surface area contributed by atoms with Crippen LogP contribution < -0.4 is 5.32 Å². The molecule has 78 valence electrons. The average Bonchev–Trinajstić information content (AvgIpc) is 2.60. The maximum Gasteiger partial charge on any atom is 0.344 e. The summed E-state index contributed by atoms with van der Waals surface area (Å²) in [6.45, 7) is -0.415. The molecule has 0 saturated carbocycles. The first kappa shape index (κ1) is 10.5. The third-order valence-corrected chi connectivity index (χ3v) is 1.84. The van der Waals surface area contributed by atoms with Crippen molar-refractivity contribution in [3.63, 3.8) is 0 Å². The minimum Gasteiger partial charge on any atom is -0.466 e. The van der Waals surface area contributed by atoms with Crippen molar-refractivity contribution in [2.24, 2.45) is 0 Å². The van der Waals surface area contributed by atoms with Gasteiger partial charge in [0.05, 0.1) is 7.11 Å². The summed E-state index contributed by atoms with van der Waals surface area (Å²) in [5, 5.41) is 2.43. The van der Waals surface area contributed by atoms with Crippen molar-refractivity contribution < 1.29 is 23.9 Å². The molecule has 0 aromatic rings. The molecule has 1 atom stereocenters. The van der Waals surface area contributed by atoms with E-state index in [0.717, 1.165) is 0 Å². The largest absolute Gasteiger partial charge is 0.466 e. The first-order chi connectivity index (χ1) is 6.63. The maximum absolute atomic E-state index is 11.2. The Hall–Kier alpha value is -1.59. The highest BCUT2D eigenvalue weighted by Gasteiger charge is 2.28. The van der Waals surface area contributed by atoms with Crippen LogP contribution in [0.3, 0.4) is 0 Å². The zero-order valence-corrected chi connectivity index (χ0v) is 7.74. The Balaban J connectivity index is 2.28. The van der Waals surface area contributed by atoms with E-state index in [1.165, 1.54) is 7.11 Å². The van der Waals surface area contributed by atoms with Crippen molar-refractivity contribution >= 4 is 17.8 Å². The number of rotatable bonds is 3. The van der Waals surface area contributed by atoms with Gasteiger partial charge in [-0.3, -0.25) is 4.79 Å². The van der Waals surface area contributed by atoms with Crippen molar-refractivity contribution in [2.45, 2.75) is 18.9 Å². The lowest BCUT2D eigenvalue weighted by molar-refractivity contribution is -0.158. The lowest BCUT2D eigenvalue weighted by Crippen LogP contribution is -2.35. The molecule has 1 heterocycles. The van der Waals surface area contributed by atoms with E-state index in [9.17, 15) is 14.4 Å². The van der Waals surface area contributed by atoms with Crippen LogP contribution in [-0.4, -0.2) is 37.6 Å². The number of hydrogen-bond donors (Lipinski definition) is 1. The smallest absolute Gasteiger partial charge is 0.344 e. The van der Waals surface area contributed by atoms with Gasteiger partial charge in [0.15, 0.2) is 6.61 Å². The molecule has 14 heavy (non-hydrogen) atoms. The van der Waals surface area contributed by atoms with Crippen LogP contribution in [0.1, 0.15) is 12.8 Å². The van der Waals surface area contributed by atoms with Gasteiger partial charge in [-0.2, -0.15) is 0 Å². The number of amides is 1. The summed E-state index contributed by atoms with van der Waals surface area (Å²) in [5.41, 5.74) is 0. The Morgan fingerprint density at radius 2 is 2.29 bits per heavy atom. The van der Waals surface area contributed by atoms with Crippen molar-refractivity contribution in [3.8, 4) is 0 Å². The van der Waals surface area contributed by atoms with Gasteiger partial charge >= 0.3 is 11.9 Å². The van der Waals surface area contributed by atoms with E-state index in [1.54, 1.807) is 0 Å². The third kappa shape index (κ3) is 2.72. The fraction of sp³-hybridized carbons (Fsp3) is 0.625. The normalized spacial score (nSPS) is 20.1. The first-order valence-corrected chi connectivity index (χ1v) is 4.16. The first-order valence-electron chi connectivity index (χ1n) is 4.16. The minimum atomic E-state index is -0.623. The molecule has 0 aromatic heterocycles. The van der Waals surface area contributed by atoms with Crippen LogP contribution >= 0.6 is 0 Å². The van der Waals surface area contributed by atoms with E-state index >= 15 is 0 Å². The molecule has 1 saturated heterocycles. The zero-order valence-electron chi connectivity index (χ0n) is 7.74. The lowest BCUT2D eigenvalue weighted by Gasteiger charge is -2.08. The van der Waals surface area contributed by atoms with Crippen LogP contribution in [0.25, 0.3) is 0 Å². The van der Waals surface area contributed by atoms with Crippen LogP contribution in [0.15, 0.2) is 0 Å². The number of ether oxygens (including phenoxy) is 2. The van der Waals surface area contributed by atoms with Crippen molar-refractivity contribution in [3.05, 3.63) is 0 Å². The standard InChI is InChI=1S/C8H11NO5/c1-13-7(11)4-14-8(12)5-2-3-6(10)9-5/h5H,2-4H2,1H3,(H,9,10)/t5-/m0/s1. The molecule has 1 amide bonds. The van der Waals surface area contributed by atoms with Gasteiger partial charge in [0.1, 0.15) is 6.04 Å². The Labute approximate surface area is 80.5 Å². The van der Waals surface area contributed by atoms with Crippen molar-refractivity contribution in [1.82, 2.24) is 5.32 Å². The van der Waals surface area contributed by atoms with Crippen LogP contribution in [0.2, 0.25) is 0 Å². The number of carbonyl (C=O) groups excluding carboxylic acids is 3. The van der Waals surface area contributed by atoms with Gasteiger partial charge in [0.25, 0.3) is 0 Å². The van der Waals surface area contributed by atoms with E-state index in [1.807, 2.05) is 0 Å².